The molecule has 1 aromatic heterocycles. The number of pyridine rings is 1. The number of fused-ring (bicyclic) bond motifs is 3. The van der Waals surface area contributed by atoms with Crippen LogP contribution in [0.1, 0.15) is 16.7 Å². The Labute approximate surface area is 178 Å². The summed E-state index contributed by atoms with van der Waals surface area (Å²) < 4.78 is 13.7. The van der Waals surface area contributed by atoms with Crippen LogP contribution in [0, 0.1) is 19.7 Å². The minimum Gasteiger partial charge on any atom is -0.324 e. The molecule has 2 heterocycles. The zero-order valence-corrected chi connectivity index (χ0v) is 17.3. The highest BCUT2D eigenvalue weighted by atomic mass is 35.5. The summed E-state index contributed by atoms with van der Waals surface area (Å²) in [6.07, 6.45) is 1.83. The standard InChI is InChI=1S/C23H19ClFN3O2/c1-13-8-17-20(9-14(13)2)28(22(30)10-15-4-3-7-26-23(15)17)12-21(29)27-16-5-6-18(24)19(25)11-16/h3-9,11H,10,12H2,1-2H3,(H,27,29). The van der Waals surface area contributed by atoms with Gasteiger partial charge in [-0.25, -0.2) is 4.39 Å². The predicted molar refractivity (Wildman–Crippen MR) is 115 cm³/mol. The van der Waals surface area contributed by atoms with Crippen molar-refractivity contribution >= 4 is 34.8 Å². The van der Waals surface area contributed by atoms with Gasteiger partial charge in [-0.05, 0) is 66.9 Å². The molecule has 0 bridgehead atoms. The molecular weight excluding hydrogens is 405 g/mol. The third-order valence-corrected chi connectivity index (χ3v) is 5.50. The van der Waals surface area contributed by atoms with E-state index in [1.165, 1.54) is 17.0 Å². The maximum atomic E-state index is 13.7. The highest BCUT2D eigenvalue weighted by Gasteiger charge is 2.28. The number of rotatable bonds is 3. The van der Waals surface area contributed by atoms with E-state index in [0.717, 1.165) is 34.0 Å². The van der Waals surface area contributed by atoms with Gasteiger partial charge in [-0.2, -0.15) is 0 Å². The van der Waals surface area contributed by atoms with Crippen molar-refractivity contribution < 1.29 is 14.0 Å². The average molecular weight is 424 g/mol. The van der Waals surface area contributed by atoms with E-state index in [4.69, 9.17) is 11.6 Å². The summed E-state index contributed by atoms with van der Waals surface area (Å²) in [5.74, 6) is -1.27. The monoisotopic (exact) mass is 423 g/mol. The van der Waals surface area contributed by atoms with Gasteiger partial charge in [0.2, 0.25) is 11.8 Å². The lowest BCUT2D eigenvalue weighted by atomic mass is 9.99. The van der Waals surface area contributed by atoms with E-state index in [0.29, 0.717) is 5.69 Å². The molecule has 2 amide bonds. The molecule has 2 aromatic carbocycles. The third-order valence-electron chi connectivity index (χ3n) is 5.20. The molecule has 0 atom stereocenters. The number of carbonyl (C=O) groups excluding carboxylic acids is 2. The van der Waals surface area contributed by atoms with Gasteiger partial charge in [0.15, 0.2) is 0 Å². The molecular formula is C23H19ClFN3O2. The molecule has 0 spiro atoms. The minimum absolute atomic E-state index is 0.0271. The average Bonchev–Trinajstić information content (AvgIpc) is 2.81. The molecule has 0 radical (unpaired) electrons. The molecule has 1 aliphatic rings. The van der Waals surface area contributed by atoms with E-state index in [1.807, 2.05) is 32.0 Å². The van der Waals surface area contributed by atoms with Crippen LogP contribution in [0.15, 0.2) is 48.7 Å². The molecule has 152 valence electrons. The lowest BCUT2D eigenvalue weighted by molar-refractivity contribution is -0.121. The van der Waals surface area contributed by atoms with Crippen molar-refractivity contribution in [2.45, 2.75) is 20.3 Å². The maximum Gasteiger partial charge on any atom is 0.244 e. The van der Waals surface area contributed by atoms with Gasteiger partial charge in [0.25, 0.3) is 0 Å². The highest BCUT2D eigenvalue weighted by molar-refractivity contribution is 6.30. The van der Waals surface area contributed by atoms with Crippen LogP contribution < -0.4 is 10.2 Å². The molecule has 0 unspecified atom stereocenters. The van der Waals surface area contributed by atoms with Crippen molar-refractivity contribution in [3.05, 3.63) is 76.2 Å². The van der Waals surface area contributed by atoms with Gasteiger partial charge in [-0.15, -0.1) is 0 Å². The Balaban J connectivity index is 1.70. The van der Waals surface area contributed by atoms with E-state index in [9.17, 15) is 14.0 Å². The topological polar surface area (TPSA) is 62.3 Å². The number of halogens is 2. The van der Waals surface area contributed by atoms with Crippen LogP contribution in [0.25, 0.3) is 11.3 Å². The quantitative estimate of drug-likeness (QED) is 0.665. The SMILES string of the molecule is Cc1cc2c(cc1C)N(CC(=O)Nc1ccc(Cl)c(F)c1)C(=O)Cc1cccnc1-2. The second-order valence-electron chi connectivity index (χ2n) is 7.30. The number of nitrogens with zero attached hydrogens (tertiary/aromatic N) is 2. The Kier molecular flexibility index (Phi) is 5.26. The van der Waals surface area contributed by atoms with Crippen LogP contribution in [-0.2, 0) is 16.0 Å². The fourth-order valence-electron chi connectivity index (χ4n) is 3.52. The smallest absolute Gasteiger partial charge is 0.244 e. The number of aryl methyl sites for hydroxylation is 2. The number of hydrogen-bond donors (Lipinski definition) is 1. The molecule has 1 aliphatic heterocycles. The lowest BCUT2D eigenvalue weighted by Crippen LogP contribution is -2.38. The first-order valence-corrected chi connectivity index (χ1v) is 9.82. The molecule has 1 N–H and O–H groups in total. The summed E-state index contributed by atoms with van der Waals surface area (Å²) in [6, 6.07) is 11.6. The summed E-state index contributed by atoms with van der Waals surface area (Å²) in [7, 11) is 0. The molecule has 7 heteroatoms. The van der Waals surface area contributed by atoms with Crippen LogP contribution in [0.5, 0.6) is 0 Å². The molecule has 4 rings (SSSR count). The fourth-order valence-corrected chi connectivity index (χ4v) is 3.64. The van der Waals surface area contributed by atoms with Crippen molar-refractivity contribution in [2.24, 2.45) is 0 Å². The summed E-state index contributed by atoms with van der Waals surface area (Å²) >= 11 is 5.69. The summed E-state index contributed by atoms with van der Waals surface area (Å²) in [5.41, 5.74) is 5.35. The molecule has 0 saturated heterocycles. The van der Waals surface area contributed by atoms with E-state index in [-0.39, 0.29) is 29.6 Å². The molecule has 0 aliphatic carbocycles. The van der Waals surface area contributed by atoms with Gasteiger partial charge in [0.1, 0.15) is 12.4 Å². The highest BCUT2D eigenvalue weighted by Crippen LogP contribution is 2.37. The Morgan fingerprint density at radius 3 is 2.73 bits per heavy atom. The molecule has 5 nitrogen and oxygen atoms in total. The molecule has 0 fully saturated rings. The first kappa shape index (κ1) is 20.0. The van der Waals surface area contributed by atoms with Crippen molar-refractivity contribution in [2.75, 3.05) is 16.8 Å². The first-order chi connectivity index (χ1) is 14.3. The van der Waals surface area contributed by atoms with E-state index in [2.05, 4.69) is 10.3 Å². The Bertz CT molecular complexity index is 1180. The summed E-state index contributed by atoms with van der Waals surface area (Å²) in [4.78, 5) is 31.7. The number of hydrogen-bond acceptors (Lipinski definition) is 3. The van der Waals surface area contributed by atoms with Crippen molar-refractivity contribution in [1.29, 1.82) is 0 Å². The van der Waals surface area contributed by atoms with Gasteiger partial charge >= 0.3 is 0 Å². The Hall–Kier alpha value is -3.25. The van der Waals surface area contributed by atoms with Gasteiger partial charge < -0.3 is 10.2 Å². The second-order valence-corrected chi connectivity index (χ2v) is 7.71. The van der Waals surface area contributed by atoms with Crippen LogP contribution in [0.4, 0.5) is 15.8 Å². The van der Waals surface area contributed by atoms with Crippen LogP contribution in [0.3, 0.4) is 0 Å². The Morgan fingerprint density at radius 2 is 1.97 bits per heavy atom. The zero-order valence-electron chi connectivity index (χ0n) is 16.5. The summed E-state index contributed by atoms with van der Waals surface area (Å²) in [6.45, 7) is 3.75. The lowest BCUT2D eigenvalue weighted by Gasteiger charge is -2.23. The number of carbonyl (C=O) groups is 2. The zero-order chi connectivity index (χ0) is 21.4. The van der Waals surface area contributed by atoms with Gasteiger partial charge in [-0.1, -0.05) is 17.7 Å². The van der Waals surface area contributed by atoms with E-state index in [1.54, 1.807) is 12.3 Å². The van der Waals surface area contributed by atoms with Crippen LogP contribution in [-0.4, -0.2) is 23.3 Å². The third kappa shape index (κ3) is 3.78. The molecule has 30 heavy (non-hydrogen) atoms. The van der Waals surface area contributed by atoms with E-state index < -0.39 is 11.7 Å². The Morgan fingerprint density at radius 1 is 1.20 bits per heavy atom. The second kappa shape index (κ2) is 7.88. The fraction of sp³-hybridized carbons (Fsp3) is 0.174. The van der Waals surface area contributed by atoms with Crippen molar-refractivity contribution in [3.8, 4) is 11.3 Å². The van der Waals surface area contributed by atoms with Gasteiger partial charge in [-0.3, -0.25) is 14.6 Å². The van der Waals surface area contributed by atoms with Gasteiger partial charge in [0.05, 0.1) is 22.8 Å². The molecule has 3 aromatic rings. The minimum atomic E-state index is -0.627. The normalized spacial score (nSPS) is 12.8. The van der Waals surface area contributed by atoms with Crippen LogP contribution in [0.2, 0.25) is 5.02 Å². The van der Waals surface area contributed by atoms with Gasteiger partial charge in [0, 0.05) is 17.4 Å². The van der Waals surface area contributed by atoms with Crippen LogP contribution >= 0.6 is 11.6 Å². The number of amides is 2. The van der Waals surface area contributed by atoms with E-state index >= 15 is 0 Å². The number of aromatic nitrogens is 1. The summed E-state index contributed by atoms with van der Waals surface area (Å²) in [5, 5.41) is 2.60. The first-order valence-electron chi connectivity index (χ1n) is 9.44. The number of benzene rings is 2. The van der Waals surface area contributed by atoms with Crippen molar-refractivity contribution in [1.82, 2.24) is 4.98 Å². The maximum absolute atomic E-state index is 13.7. The van der Waals surface area contributed by atoms with Crippen molar-refractivity contribution in [3.63, 3.8) is 0 Å². The molecule has 0 saturated carbocycles. The number of nitrogens with one attached hydrogen (secondary N) is 1. The predicted octanol–water partition coefficient (Wildman–Crippen LogP) is 4.69. The number of anilines is 2. The largest absolute Gasteiger partial charge is 0.324 e.